The highest BCUT2D eigenvalue weighted by atomic mass is 16.3. The summed E-state index contributed by atoms with van der Waals surface area (Å²) in [7, 11) is 0. The molecule has 2 aromatic rings. The fraction of sp³-hybridized carbons (Fsp3) is 0.133. The van der Waals surface area contributed by atoms with Gasteiger partial charge < -0.3 is 15.9 Å². The number of anilines is 2. The molecule has 4 N–H and O–H groups in total. The lowest BCUT2D eigenvalue weighted by molar-refractivity contribution is 0.0188. The number of hydrogen-bond acceptors (Lipinski definition) is 3. The van der Waals surface area contributed by atoms with Gasteiger partial charge in [0.2, 0.25) is 0 Å². The number of aliphatic hydroxyl groups is 2. The van der Waals surface area contributed by atoms with Crippen molar-refractivity contribution in [1.29, 1.82) is 0 Å². The van der Waals surface area contributed by atoms with E-state index in [1.54, 1.807) is 48.5 Å². The molecule has 102 valence electrons. The van der Waals surface area contributed by atoms with E-state index in [0.29, 0.717) is 22.5 Å². The van der Waals surface area contributed by atoms with Gasteiger partial charge in [0.05, 0.1) is 11.4 Å². The summed E-state index contributed by atoms with van der Waals surface area (Å²) in [6.45, 7) is 0. The molecule has 0 saturated heterocycles. The molecule has 2 aromatic carbocycles. The third-order valence-electron chi connectivity index (χ3n) is 3.51. The lowest BCUT2D eigenvalue weighted by atomic mass is 9.99. The maximum atomic E-state index is 11.8. The number of hydrogen-bond donors (Lipinski definition) is 3. The van der Waals surface area contributed by atoms with E-state index in [9.17, 15) is 15.0 Å². The highest BCUT2D eigenvalue weighted by molar-refractivity contribution is 6.00. The first kappa shape index (κ1) is 12.7. The number of urea groups is 1. The molecule has 0 bridgehead atoms. The van der Waals surface area contributed by atoms with Crippen molar-refractivity contribution in [3.05, 3.63) is 59.7 Å². The van der Waals surface area contributed by atoms with Gasteiger partial charge in [0, 0.05) is 11.1 Å². The van der Waals surface area contributed by atoms with E-state index in [0.717, 1.165) is 0 Å². The minimum absolute atomic E-state index is 0.468. The molecule has 0 aliphatic carbocycles. The van der Waals surface area contributed by atoms with Crippen molar-refractivity contribution in [3.8, 4) is 0 Å². The molecule has 0 fully saturated rings. The summed E-state index contributed by atoms with van der Waals surface area (Å²) in [6, 6.07) is 13.1. The summed E-state index contributed by atoms with van der Waals surface area (Å²) in [5, 5.41) is 20.7. The third kappa shape index (κ3) is 1.76. The van der Waals surface area contributed by atoms with Crippen molar-refractivity contribution >= 4 is 17.4 Å². The predicted molar refractivity (Wildman–Crippen MR) is 74.5 cm³/mol. The van der Waals surface area contributed by atoms with Gasteiger partial charge >= 0.3 is 6.03 Å². The normalized spacial score (nSPS) is 20.8. The molecule has 0 spiro atoms. The molecule has 2 atom stereocenters. The van der Waals surface area contributed by atoms with E-state index in [4.69, 9.17) is 5.73 Å². The first-order valence-electron chi connectivity index (χ1n) is 6.25. The summed E-state index contributed by atoms with van der Waals surface area (Å²) < 4.78 is 0. The molecular weight excluding hydrogens is 256 g/mol. The highest BCUT2D eigenvalue weighted by Gasteiger charge is 2.33. The number of carbonyl (C=O) groups excluding carboxylic acids is 1. The number of nitrogens with two attached hydrogens (primary N) is 1. The van der Waals surface area contributed by atoms with Crippen LogP contribution in [0.2, 0.25) is 0 Å². The zero-order chi connectivity index (χ0) is 14.3. The zero-order valence-corrected chi connectivity index (χ0v) is 10.6. The van der Waals surface area contributed by atoms with Gasteiger partial charge in [-0.1, -0.05) is 36.4 Å². The van der Waals surface area contributed by atoms with Crippen LogP contribution in [0.5, 0.6) is 0 Å². The van der Waals surface area contributed by atoms with Gasteiger partial charge in [0.1, 0.15) is 12.2 Å². The molecular formula is C15H14N2O3. The van der Waals surface area contributed by atoms with Gasteiger partial charge in [-0.15, -0.1) is 0 Å². The van der Waals surface area contributed by atoms with E-state index in [2.05, 4.69) is 0 Å². The fourth-order valence-electron chi connectivity index (χ4n) is 2.59. The van der Waals surface area contributed by atoms with Crippen molar-refractivity contribution in [3.63, 3.8) is 0 Å². The predicted octanol–water partition coefficient (Wildman–Crippen LogP) is 1.98. The second-order valence-electron chi connectivity index (χ2n) is 4.68. The van der Waals surface area contributed by atoms with Gasteiger partial charge in [0.15, 0.2) is 0 Å². The van der Waals surface area contributed by atoms with Gasteiger partial charge in [-0.05, 0) is 12.1 Å². The molecule has 1 heterocycles. The highest BCUT2D eigenvalue weighted by Crippen LogP contribution is 2.44. The van der Waals surface area contributed by atoms with E-state index in [1.165, 1.54) is 4.90 Å². The Morgan fingerprint density at radius 3 is 1.70 bits per heavy atom. The Morgan fingerprint density at radius 1 is 0.900 bits per heavy atom. The Balaban J connectivity index is 2.33. The van der Waals surface area contributed by atoms with E-state index in [-0.39, 0.29) is 0 Å². The van der Waals surface area contributed by atoms with Crippen molar-refractivity contribution in [2.45, 2.75) is 12.2 Å². The Bertz CT molecular complexity index is 620. The molecule has 5 nitrogen and oxygen atoms in total. The minimum atomic E-state index is -1.11. The Morgan fingerprint density at radius 2 is 1.30 bits per heavy atom. The van der Waals surface area contributed by atoms with Crippen LogP contribution in [0.3, 0.4) is 0 Å². The Hall–Kier alpha value is -2.37. The largest absolute Gasteiger partial charge is 0.385 e. The molecule has 0 saturated carbocycles. The number of aliphatic hydroxyl groups excluding tert-OH is 2. The van der Waals surface area contributed by atoms with Gasteiger partial charge in [-0.3, -0.25) is 4.90 Å². The molecule has 5 heteroatoms. The summed E-state index contributed by atoms with van der Waals surface area (Å²) in [6.07, 6.45) is -2.23. The van der Waals surface area contributed by atoms with Crippen LogP contribution in [0.4, 0.5) is 16.2 Å². The fourth-order valence-corrected chi connectivity index (χ4v) is 2.59. The topological polar surface area (TPSA) is 86.8 Å². The average Bonchev–Trinajstić information content (AvgIpc) is 2.55. The van der Waals surface area contributed by atoms with Crippen LogP contribution in [0.15, 0.2) is 48.5 Å². The van der Waals surface area contributed by atoms with Crippen LogP contribution >= 0.6 is 0 Å². The first-order chi connectivity index (χ1) is 9.61. The zero-order valence-electron chi connectivity index (χ0n) is 10.6. The minimum Gasteiger partial charge on any atom is -0.385 e. The van der Waals surface area contributed by atoms with Gasteiger partial charge in [0.25, 0.3) is 0 Å². The Labute approximate surface area is 115 Å². The number of primary amides is 1. The summed E-state index contributed by atoms with van der Waals surface area (Å²) in [5.74, 6) is 0. The summed E-state index contributed by atoms with van der Waals surface area (Å²) in [5.41, 5.74) is 7.38. The van der Waals surface area contributed by atoms with E-state index in [1.807, 2.05) is 0 Å². The summed E-state index contributed by atoms with van der Waals surface area (Å²) in [4.78, 5) is 13.1. The molecule has 0 aromatic heterocycles. The molecule has 2 amide bonds. The van der Waals surface area contributed by atoms with Crippen molar-refractivity contribution in [2.24, 2.45) is 5.73 Å². The van der Waals surface area contributed by atoms with Crippen molar-refractivity contribution in [1.82, 2.24) is 0 Å². The van der Waals surface area contributed by atoms with E-state index < -0.39 is 18.2 Å². The molecule has 2 unspecified atom stereocenters. The second kappa shape index (κ2) is 4.63. The number of fused-ring (bicyclic) bond motifs is 2. The van der Waals surface area contributed by atoms with Crippen LogP contribution in [-0.2, 0) is 0 Å². The second-order valence-corrected chi connectivity index (χ2v) is 4.68. The standard InChI is InChI=1S/C15H14N2O3/c16-15(20)17-11-7-3-1-5-9(11)13(18)14(19)10-6-2-4-8-12(10)17/h1-8,13-14,18-19H,(H2,16,20). The smallest absolute Gasteiger partial charge is 0.323 e. The molecule has 3 rings (SSSR count). The number of para-hydroxylation sites is 2. The van der Waals surface area contributed by atoms with Crippen LogP contribution in [-0.4, -0.2) is 16.2 Å². The molecule has 1 aliphatic rings. The van der Waals surface area contributed by atoms with Crippen LogP contribution in [0.25, 0.3) is 0 Å². The maximum absolute atomic E-state index is 11.8. The SMILES string of the molecule is NC(=O)N1c2ccccc2C(O)C(O)c2ccccc21. The summed E-state index contributed by atoms with van der Waals surface area (Å²) >= 11 is 0. The Kier molecular flexibility index (Phi) is 2.93. The number of amides is 2. The lowest BCUT2D eigenvalue weighted by Crippen LogP contribution is -2.32. The number of benzene rings is 2. The number of rotatable bonds is 0. The van der Waals surface area contributed by atoms with Gasteiger partial charge in [-0.25, -0.2) is 4.79 Å². The molecule has 1 aliphatic heterocycles. The first-order valence-corrected chi connectivity index (χ1v) is 6.25. The van der Waals surface area contributed by atoms with Gasteiger partial charge in [-0.2, -0.15) is 0 Å². The van der Waals surface area contributed by atoms with Crippen LogP contribution in [0.1, 0.15) is 23.3 Å². The average molecular weight is 270 g/mol. The lowest BCUT2D eigenvalue weighted by Gasteiger charge is -2.22. The van der Waals surface area contributed by atoms with E-state index >= 15 is 0 Å². The monoisotopic (exact) mass is 270 g/mol. The van der Waals surface area contributed by atoms with Crippen LogP contribution < -0.4 is 10.6 Å². The maximum Gasteiger partial charge on any atom is 0.323 e. The van der Waals surface area contributed by atoms with Crippen molar-refractivity contribution in [2.75, 3.05) is 4.90 Å². The van der Waals surface area contributed by atoms with Crippen molar-refractivity contribution < 1.29 is 15.0 Å². The quantitative estimate of drug-likeness (QED) is 0.684. The molecule has 20 heavy (non-hydrogen) atoms. The third-order valence-corrected chi connectivity index (χ3v) is 3.51. The number of nitrogens with zero attached hydrogens (tertiary/aromatic N) is 1. The number of carbonyl (C=O) groups is 1. The molecule has 0 radical (unpaired) electrons. The van der Waals surface area contributed by atoms with Crippen LogP contribution in [0, 0.1) is 0 Å².